The molecule has 0 amide bonds. The van der Waals surface area contributed by atoms with Crippen LogP contribution in [0.4, 0.5) is 0 Å². The van der Waals surface area contributed by atoms with Gasteiger partial charge in [-0.3, -0.25) is 0 Å². The first kappa shape index (κ1) is 11.5. The summed E-state index contributed by atoms with van der Waals surface area (Å²) < 4.78 is 6.06. The Morgan fingerprint density at radius 1 is 1.31 bits per heavy atom. The van der Waals surface area contributed by atoms with E-state index in [2.05, 4.69) is 36.5 Å². The maximum Gasteiger partial charge on any atom is 0.119 e. The lowest BCUT2D eigenvalue weighted by Gasteiger charge is -2.18. The molecule has 0 radical (unpaired) electrons. The van der Waals surface area contributed by atoms with Crippen LogP contribution in [0.3, 0.4) is 0 Å². The number of hydrogen-bond acceptors (Lipinski definition) is 2. The number of hydrogen-bond donors (Lipinski definition) is 1. The molecule has 0 bridgehead atoms. The third-order valence-electron chi connectivity index (χ3n) is 3.14. The minimum atomic E-state index is 0.398. The molecule has 1 aromatic rings. The van der Waals surface area contributed by atoms with Crippen LogP contribution in [0.2, 0.25) is 0 Å². The number of ether oxygens (including phenoxy) is 1. The second kappa shape index (κ2) is 5.35. The molecule has 1 aliphatic carbocycles. The Kier molecular flexibility index (Phi) is 3.83. The number of benzene rings is 1. The van der Waals surface area contributed by atoms with E-state index in [-0.39, 0.29) is 0 Å². The molecule has 2 heteroatoms. The van der Waals surface area contributed by atoms with E-state index in [1.54, 1.807) is 0 Å². The molecule has 0 aliphatic heterocycles. The smallest absolute Gasteiger partial charge is 0.119 e. The Labute approximate surface area is 98.0 Å². The second-order valence-corrected chi connectivity index (χ2v) is 4.70. The van der Waals surface area contributed by atoms with Gasteiger partial charge in [0.05, 0.1) is 0 Å². The minimum absolute atomic E-state index is 0.398. The topological polar surface area (TPSA) is 21.3 Å². The van der Waals surface area contributed by atoms with Crippen LogP contribution in [-0.2, 0) is 0 Å². The monoisotopic (exact) mass is 219 g/mol. The molecule has 0 saturated heterocycles. The highest BCUT2D eigenvalue weighted by Crippen LogP contribution is 2.36. The van der Waals surface area contributed by atoms with Crippen LogP contribution in [0.1, 0.15) is 24.8 Å². The summed E-state index contributed by atoms with van der Waals surface area (Å²) in [5, 5.41) is 3.20. The van der Waals surface area contributed by atoms with Gasteiger partial charge < -0.3 is 10.1 Å². The highest BCUT2D eigenvalue weighted by molar-refractivity contribution is 5.26. The average molecular weight is 219 g/mol. The van der Waals surface area contributed by atoms with E-state index >= 15 is 0 Å². The van der Waals surface area contributed by atoms with Crippen molar-refractivity contribution in [2.45, 2.75) is 32.3 Å². The van der Waals surface area contributed by atoms with Crippen molar-refractivity contribution in [2.24, 2.45) is 5.92 Å². The minimum Gasteiger partial charge on any atom is -0.490 e. The van der Waals surface area contributed by atoms with Gasteiger partial charge in [-0.05, 0) is 57.8 Å². The molecule has 16 heavy (non-hydrogen) atoms. The van der Waals surface area contributed by atoms with E-state index in [9.17, 15) is 0 Å². The fourth-order valence-corrected chi connectivity index (χ4v) is 1.94. The van der Waals surface area contributed by atoms with Crippen LogP contribution in [0, 0.1) is 12.8 Å². The maximum absolute atomic E-state index is 6.06. The van der Waals surface area contributed by atoms with E-state index in [0.29, 0.717) is 6.10 Å². The molecule has 1 unspecified atom stereocenters. The second-order valence-electron chi connectivity index (χ2n) is 4.70. The molecule has 2 rings (SSSR count). The molecule has 0 spiro atoms. The lowest BCUT2D eigenvalue weighted by atomic mass is 10.1. The van der Waals surface area contributed by atoms with Crippen molar-refractivity contribution >= 4 is 0 Å². The Hall–Kier alpha value is -1.02. The van der Waals surface area contributed by atoms with Crippen LogP contribution in [-0.4, -0.2) is 19.7 Å². The van der Waals surface area contributed by atoms with E-state index in [4.69, 9.17) is 4.74 Å². The summed E-state index contributed by atoms with van der Waals surface area (Å²) >= 11 is 0. The van der Waals surface area contributed by atoms with Gasteiger partial charge in [0.2, 0.25) is 0 Å². The Morgan fingerprint density at radius 3 is 2.56 bits per heavy atom. The van der Waals surface area contributed by atoms with Crippen LogP contribution in [0.25, 0.3) is 0 Å². The predicted molar refractivity (Wildman–Crippen MR) is 66.9 cm³/mol. The Balaban J connectivity index is 1.91. The molecule has 1 saturated carbocycles. The summed E-state index contributed by atoms with van der Waals surface area (Å²) in [5.41, 5.74) is 1.28. The van der Waals surface area contributed by atoms with Gasteiger partial charge in [-0.1, -0.05) is 17.7 Å². The summed E-state index contributed by atoms with van der Waals surface area (Å²) in [5.74, 6) is 1.80. The zero-order valence-corrected chi connectivity index (χ0v) is 10.2. The summed E-state index contributed by atoms with van der Waals surface area (Å²) in [4.78, 5) is 0. The highest BCUT2D eigenvalue weighted by atomic mass is 16.5. The van der Waals surface area contributed by atoms with E-state index in [1.807, 2.05) is 7.05 Å². The molecule has 1 atom stereocenters. The molecule has 88 valence electrons. The van der Waals surface area contributed by atoms with Crippen molar-refractivity contribution in [1.29, 1.82) is 0 Å². The van der Waals surface area contributed by atoms with E-state index < -0.39 is 0 Å². The fraction of sp³-hybridized carbons (Fsp3) is 0.571. The summed E-state index contributed by atoms with van der Waals surface area (Å²) in [6.07, 6.45) is 4.17. The molecule has 1 N–H and O–H groups in total. The van der Waals surface area contributed by atoms with Crippen molar-refractivity contribution in [3.8, 4) is 5.75 Å². The molecule has 0 aromatic heterocycles. The first-order chi connectivity index (χ1) is 7.79. The molecule has 1 fully saturated rings. The lowest BCUT2D eigenvalue weighted by Crippen LogP contribution is -2.24. The largest absolute Gasteiger partial charge is 0.490 e. The Bertz CT molecular complexity index is 316. The highest BCUT2D eigenvalue weighted by Gasteiger charge is 2.32. The van der Waals surface area contributed by atoms with Crippen LogP contribution in [0.15, 0.2) is 24.3 Å². The summed E-state index contributed by atoms with van der Waals surface area (Å²) in [6, 6.07) is 8.36. The summed E-state index contributed by atoms with van der Waals surface area (Å²) in [7, 11) is 2.00. The van der Waals surface area contributed by atoms with Crippen molar-refractivity contribution in [1.82, 2.24) is 5.32 Å². The molecule has 2 nitrogen and oxygen atoms in total. The summed E-state index contributed by atoms with van der Waals surface area (Å²) in [6.45, 7) is 3.14. The molecule has 1 aromatic carbocycles. The standard InChI is InChI=1S/C14H21NO/c1-11-3-7-13(8-4-11)16-14(9-10-15-2)12-5-6-12/h3-4,7-8,12,14-15H,5-6,9-10H2,1-2H3. The third-order valence-corrected chi connectivity index (χ3v) is 3.14. The number of rotatable bonds is 6. The predicted octanol–water partition coefficient (Wildman–Crippen LogP) is 2.76. The van der Waals surface area contributed by atoms with Gasteiger partial charge in [-0.2, -0.15) is 0 Å². The zero-order valence-electron chi connectivity index (χ0n) is 10.2. The quantitative estimate of drug-likeness (QED) is 0.794. The average Bonchev–Trinajstić information content (AvgIpc) is 3.11. The van der Waals surface area contributed by atoms with Gasteiger partial charge in [-0.25, -0.2) is 0 Å². The van der Waals surface area contributed by atoms with E-state index in [1.165, 1.54) is 18.4 Å². The number of nitrogens with one attached hydrogen (secondary N) is 1. The first-order valence-corrected chi connectivity index (χ1v) is 6.17. The van der Waals surface area contributed by atoms with Crippen molar-refractivity contribution < 1.29 is 4.74 Å². The maximum atomic E-state index is 6.06. The van der Waals surface area contributed by atoms with Crippen molar-refractivity contribution in [3.63, 3.8) is 0 Å². The van der Waals surface area contributed by atoms with Gasteiger partial charge in [0.1, 0.15) is 11.9 Å². The van der Waals surface area contributed by atoms with Crippen molar-refractivity contribution in [2.75, 3.05) is 13.6 Å². The van der Waals surface area contributed by atoms with E-state index in [0.717, 1.165) is 24.6 Å². The van der Waals surface area contributed by atoms with Crippen molar-refractivity contribution in [3.05, 3.63) is 29.8 Å². The third kappa shape index (κ3) is 3.24. The molecule has 1 aliphatic rings. The van der Waals surface area contributed by atoms with Gasteiger partial charge in [-0.15, -0.1) is 0 Å². The molecular formula is C14H21NO. The fourth-order valence-electron chi connectivity index (χ4n) is 1.94. The van der Waals surface area contributed by atoms with Crippen LogP contribution >= 0.6 is 0 Å². The van der Waals surface area contributed by atoms with Crippen LogP contribution < -0.4 is 10.1 Å². The normalized spacial score (nSPS) is 17.1. The first-order valence-electron chi connectivity index (χ1n) is 6.17. The zero-order chi connectivity index (χ0) is 11.4. The SMILES string of the molecule is CNCCC(Oc1ccc(C)cc1)C1CC1. The Morgan fingerprint density at radius 2 is 2.00 bits per heavy atom. The molecule has 0 heterocycles. The van der Waals surface area contributed by atoms with Gasteiger partial charge in [0.15, 0.2) is 0 Å². The van der Waals surface area contributed by atoms with Gasteiger partial charge >= 0.3 is 0 Å². The van der Waals surface area contributed by atoms with Crippen LogP contribution in [0.5, 0.6) is 5.75 Å². The van der Waals surface area contributed by atoms with Gasteiger partial charge in [0, 0.05) is 0 Å². The van der Waals surface area contributed by atoms with Gasteiger partial charge in [0.25, 0.3) is 0 Å². The molecular weight excluding hydrogens is 198 g/mol. The number of aryl methyl sites for hydroxylation is 1. The lowest BCUT2D eigenvalue weighted by molar-refractivity contribution is 0.168.